The Labute approximate surface area is 178 Å². The predicted molar refractivity (Wildman–Crippen MR) is 117 cm³/mol. The Hall–Kier alpha value is -1.69. The van der Waals surface area contributed by atoms with Gasteiger partial charge in [-0.15, -0.1) is 11.3 Å². The number of hydrogen-bond donors (Lipinski definition) is 2. The molecule has 0 bridgehead atoms. The van der Waals surface area contributed by atoms with E-state index in [0.717, 1.165) is 56.5 Å². The molecule has 1 aromatic rings. The molecule has 29 heavy (non-hydrogen) atoms. The van der Waals surface area contributed by atoms with Crippen LogP contribution in [-0.4, -0.2) is 23.3 Å². The van der Waals surface area contributed by atoms with Crippen molar-refractivity contribution in [3.63, 3.8) is 0 Å². The highest BCUT2D eigenvalue weighted by atomic mass is 32.1. The zero-order chi connectivity index (χ0) is 20.9. The first kappa shape index (κ1) is 22.0. The monoisotopic (exact) mass is 417 g/mol. The lowest BCUT2D eigenvalue weighted by molar-refractivity contribution is -0.130. The first-order chi connectivity index (χ1) is 13.8. The molecule has 6 heteroatoms. The van der Waals surface area contributed by atoms with Gasteiger partial charge in [-0.1, -0.05) is 32.9 Å². The number of carbonyl (C=O) groups is 2. The first-order valence-electron chi connectivity index (χ1n) is 11.0. The number of nitrogens with one attached hydrogen (secondary N) is 2. The molecule has 2 atom stereocenters. The van der Waals surface area contributed by atoms with Crippen molar-refractivity contribution in [2.45, 2.75) is 71.8 Å². The highest BCUT2D eigenvalue weighted by Crippen LogP contribution is 2.38. The van der Waals surface area contributed by atoms with Crippen molar-refractivity contribution in [2.75, 3.05) is 6.54 Å². The molecule has 1 fully saturated rings. The summed E-state index contributed by atoms with van der Waals surface area (Å²) in [6.07, 6.45) is 13.3. The average Bonchev–Trinajstić information content (AvgIpc) is 3.25. The van der Waals surface area contributed by atoms with Crippen LogP contribution in [0.25, 0.3) is 0 Å². The Morgan fingerprint density at radius 2 is 1.93 bits per heavy atom. The average molecular weight is 418 g/mol. The van der Waals surface area contributed by atoms with E-state index in [1.165, 1.54) is 0 Å². The van der Waals surface area contributed by atoms with Gasteiger partial charge in [-0.25, -0.2) is 4.98 Å². The fourth-order valence-electron chi connectivity index (χ4n) is 4.27. The fourth-order valence-corrected chi connectivity index (χ4v) is 5.05. The zero-order valence-corrected chi connectivity index (χ0v) is 18.8. The number of rotatable bonds is 6. The number of nitrogens with zero attached hydrogens (tertiary/aromatic N) is 1. The van der Waals surface area contributed by atoms with Crippen LogP contribution in [0.15, 0.2) is 23.7 Å². The number of amides is 2. The van der Waals surface area contributed by atoms with Crippen molar-refractivity contribution in [3.05, 3.63) is 28.7 Å². The van der Waals surface area contributed by atoms with Crippen LogP contribution in [0.1, 0.15) is 76.8 Å². The Morgan fingerprint density at radius 3 is 2.52 bits per heavy atom. The third-order valence-corrected chi connectivity index (χ3v) is 7.11. The van der Waals surface area contributed by atoms with E-state index in [2.05, 4.69) is 27.8 Å². The van der Waals surface area contributed by atoms with Gasteiger partial charge in [0, 0.05) is 29.5 Å². The molecular formula is C23H35N3O2S. The van der Waals surface area contributed by atoms with Gasteiger partial charge in [0.1, 0.15) is 5.01 Å². The quantitative estimate of drug-likeness (QED) is 0.663. The second-order valence-corrected chi connectivity index (χ2v) is 10.5. The molecular weight excluding hydrogens is 382 g/mol. The summed E-state index contributed by atoms with van der Waals surface area (Å²) >= 11 is 1.62. The van der Waals surface area contributed by atoms with Crippen molar-refractivity contribution in [1.82, 2.24) is 15.6 Å². The van der Waals surface area contributed by atoms with Crippen molar-refractivity contribution in [3.8, 4) is 0 Å². The smallest absolute Gasteiger partial charge is 0.225 e. The molecule has 0 saturated heterocycles. The number of hydrogen-bond acceptors (Lipinski definition) is 4. The molecule has 2 aliphatic carbocycles. The number of thiazole rings is 1. The topological polar surface area (TPSA) is 71.1 Å². The third-order valence-electron chi connectivity index (χ3n) is 6.25. The van der Waals surface area contributed by atoms with E-state index in [4.69, 9.17) is 0 Å². The minimum atomic E-state index is -0.411. The van der Waals surface area contributed by atoms with Gasteiger partial charge in [-0.05, 0) is 56.8 Å². The number of aromatic nitrogens is 1. The van der Waals surface area contributed by atoms with Gasteiger partial charge < -0.3 is 10.6 Å². The summed E-state index contributed by atoms with van der Waals surface area (Å²) in [6, 6.07) is -0.00806. The van der Waals surface area contributed by atoms with Crippen molar-refractivity contribution in [2.24, 2.45) is 23.2 Å². The van der Waals surface area contributed by atoms with Crippen LogP contribution in [0.5, 0.6) is 0 Å². The molecule has 2 N–H and O–H groups in total. The molecule has 160 valence electrons. The SMILES string of the molecule is CC(C)(C)C(=O)NC(c1nccs1)C1CCC(CNC(=O)C2CC=CCC2)CC1. The Bertz CT molecular complexity index is 700. The normalized spacial score (nSPS) is 26.0. The lowest BCUT2D eigenvalue weighted by Crippen LogP contribution is -2.41. The molecule has 0 radical (unpaired) electrons. The molecule has 5 nitrogen and oxygen atoms in total. The van der Waals surface area contributed by atoms with Crippen molar-refractivity contribution < 1.29 is 9.59 Å². The first-order valence-corrected chi connectivity index (χ1v) is 11.9. The minimum Gasteiger partial charge on any atom is -0.356 e. The van der Waals surface area contributed by atoms with Crippen LogP contribution in [0.3, 0.4) is 0 Å². The summed E-state index contributed by atoms with van der Waals surface area (Å²) in [7, 11) is 0. The maximum absolute atomic E-state index is 12.6. The number of carbonyl (C=O) groups excluding carboxylic acids is 2. The summed E-state index contributed by atoms with van der Waals surface area (Å²) in [5, 5.41) is 9.45. The van der Waals surface area contributed by atoms with Gasteiger partial charge >= 0.3 is 0 Å². The highest BCUT2D eigenvalue weighted by Gasteiger charge is 2.33. The van der Waals surface area contributed by atoms with Crippen LogP contribution in [-0.2, 0) is 9.59 Å². The maximum Gasteiger partial charge on any atom is 0.225 e. The number of allylic oxidation sites excluding steroid dienone is 2. The van der Waals surface area contributed by atoms with Gasteiger partial charge in [0.15, 0.2) is 0 Å². The minimum absolute atomic E-state index is 0.00806. The Kier molecular flexibility index (Phi) is 7.49. The highest BCUT2D eigenvalue weighted by molar-refractivity contribution is 7.09. The van der Waals surface area contributed by atoms with Gasteiger partial charge in [0.2, 0.25) is 11.8 Å². The molecule has 1 saturated carbocycles. The molecule has 0 aromatic carbocycles. The van der Waals surface area contributed by atoms with E-state index >= 15 is 0 Å². The molecule has 0 aliphatic heterocycles. The van der Waals surface area contributed by atoms with Crippen LogP contribution in [0.2, 0.25) is 0 Å². The Balaban J connectivity index is 1.51. The van der Waals surface area contributed by atoms with E-state index in [1.807, 2.05) is 32.3 Å². The molecule has 0 spiro atoms. The Morgan fingerprint density at radius 1 is 1.17 bits per heavy atom. The lowest BCUT2D eigenvalue weighted by Gasteiger charge is -2.35. The molecule has 3 rings (SSSR count). The molecule has 2 aliphatic rings. The fraction of sp³-hybridized carbons (Fsp3) is 0.696. The summed E-state index contributed by atoms with van der Waals surface area (Å²) in [6.45, 7) is 6.62. The van der Waals surface area contributed by atoms with Crippen LogP contribution < -0.4 is 10.6 Å². The van der Waals surface area contributed by atoms with Gasteiger partial charge in [0.05, 0.1) is 6.04 Å². The second-order valence-electron chi connectivity index (χ2n) is 9.58. The van der Waals surface area contributed by atoms with Gasteiger partial charge in [0.25, 0.3) is 0 Å². The molecule has 2 amide bonds. The van der Waals surface area contributed by atoms with E-state index < -0.39 is 5.41 Å². The van der Waals surface area contributed by atoms with Crippen LogP contribution in [0, 0.1) is 23.2 Å². The van der Waals surface area contributed by atoms with Crippen molar-refractivity contribution in [1.29, 1.82) is 0 Å². The van der Waals surface area contributed by atoms with Crippen LogP contribution >= 0.6 is 11.3 Å². The summed E-state index contributed by atoms with van der Waals surface area (Å²) in [5.74, 6) is 1.38. The maximum atomic E-state index is 12.6. The zero-order valence-electron chi connectivity index (χ0n) is 17.9. The standard InChI is InChI=1S/C23H35N3O2S/c1-23(2,3)22(28)26-19(21-24-13-14-29-21)17-11-9-16(10-12-17)15-25-20(27)18-7-5-4-6-8-18/h4-5,13-14,16-19H,6-12,15H2,1-3H3,(H,25,27)(H,26,28). The lowest BCUT2D eigenvalue weighted by atomic mass is 9.78. The predicted octanol–water partition coefficient (Wildman–Crippen LogP) is 4.63. The van der Waals surface area contributed by atoms with Crippen LogP contribution in [0.4, 0.5) is 0 Å². The van der Waals surface area contributed by atoms with E-state index in [-0.39, 0.29) is 23.8 Å². The summed E-state index contributed by atoms with van der Waals surface area (Å²) in [4.78, 5) is 29.5. The molecule has 1 heterocycles. The summed E-state index contributed by atoms with van der Waals surface area (Å²) in [5.41, 5.74) is -0.411. The second kappa shape index (κ2) is 9.88. The third kappa shape index (κ3) is 6.14. The van der Waals surface area contributed by atoms with Gasteiger partial charge in [-0.3, -0.25) is 9.59 Å². The van der Waals surface area contributed by atoms with E-state index in [9.17, 15) is 9.59 Å². The largest absolute Gasteiger partial charge is 0.356 e. The van der Waals surface area contributed by atoms with E-state index in [0.29, 0.717) is 11.8 Å². The van der Waals surface area contributed by atoms with Crippen molar-refractivity contribution >= 4 is 23.2 Å². The summed E-state index contributed by atoms with van der Waals surface area (Å²) < 4.78 is 0. The molecule has 2 unspecified atom stereocenters. The van der Waals surface area contributed by atoms with Gasteiger partial charge in [-0.2, -0.15) is 0 Å². The van der Waals surface area contributed by atoms with E-state index in [1.54, 1.807) is 11.3 Å². The molecule has 1 aromatic heterocycles.